The zero-order valence-electron chi connectivity index (χ0n) is 25.0. The molecule has 38 heavy (non-hydrogen) atoms. The van der Waals surface area contributed by atoms with Crippen molar-refractivity contribution in [1.29, 1.82) is 0 Å². The molecule has 0 amide bonds. The summed E-state index contributed by atoms with van der Waals surface area (Å²) < 4.78 is 1.55. The average molecular weight is 560 g/mol. The number of benzene rings is 2. The predicted octanol–water partition coefficient (Wildman–Crippen LogP) is 11.5. The van der Waals surface area contributed by atoms with Gasteiger partial charge < -0.3 is 5.53 Å². The zero-order valence-corrected chi connectivity index (χ0v) is 26.0. The van der Waals surface area contributed by atoms with Crippen LogP contribution in [0.3, 0.4) is 0 Å². The van der Waals surface area contributed by atoms with Gasteiger partial charge in [0.15, 0.2) is 0 Å². The van der Waals surface area contributed by atoms with Crippen LogP contribution in [-0.4, -0.2) is 4.70 Å². The third-order valence-electron chi connectivity index (χ3n) is 7.21. The van der Waals surface area contributed by atoms with Gasteiger partial charge in [0.25, 0.3) is 0 Å². The van der Waals surface area contributed by atoms with E-state index >= 15 is 0 Å². The number of unbranched alkanes of at least 4 members (excludes halogenated alkanes) is 5. The Morgan fingerprint density at radius 1 is 0.579 bits per heavy atom. The Morgan fingerprint density at radius 2 is 0.974 bits per heavy atom. The summed E-state index contributed by atoms with van der Waals surface area (Å²) >= 11 is 1.62. The van der Waals surface area contributed by atoms with E-state index in [1.165, 1.54) is 60.8 Å². The molecular weight excluding hydrogens is 507 g/mol. The summed E-state index contributed by atoms with van der Waals surface area (Å²) in [4.78, 5) is 0. The zero-order chi connectivity index (χ0) is 27.8. The predicted molar refractivity (Wildman–Crippen MR) is 163 cm³/mol. The molecule has 1 heterocycles. The van der Waals surface area contributed by atoms with E-state index in [0.717, 1.165) is 67.5 Å². The van der Waals surface area contributed by atoms with Gasteiger partial charge in [0.1, 0.15) is 0 Å². The minimum atomic E-state index is 1.01. The summed E-state index contributed by atoms with van der Waals surface area (Å²) in [7, 11) is 0. The molecule has 0 bridgehead atoms. The molecule has 0 radical (unpaired) electrons. The van der Waals surface area contributed by atoms with E-state index in [4.69, 9.17) is 0 Å². The van der Waals surface area contributed by atoms with Gasteiger partial charge in [0, 0.05) is 22.3 Å². The van der Waals surface area contributed by atoms with Crippen LogP contribution in [-0.2, 0) is 27.3 Å². The molecule has 0 N–H and O–H groups in total. The second-order valence-corrected chi connectivity index (χ2v) is 11.4. The Morgan fingerprint density at radius 3 is 1.39 bits per heavy atom. The van der Waals surface area contributed by atoms with Crippen LogP contribution in [0.2, 0.25) is 11.8 Å². The van der Waals surface area contributed by atoms with E-state index in [1.807, 2.05) is 0 Å². The van der Waals surface area contributed by atoms with Crippen molar-refractivity contribution in [3.63, 3.8) is 0 Å². The van der Waals surface area contributed by atoms with Crippen LogP contribution in [0, 0.1) is 0 Å². The molecule has 0 unspecified atom stereocenters. The monoisotopic (exact) mass is 558 g/mol. The van der Waals surface area contributed by atoms with Crippen LogP contribution in [0.5, 0.6) is 0 Å². The Hall–Kier alpha value is -1.99. The summed E-state index contributed by atoms with van der Waals surface area (Å²) in [6.45, 7) is 9.01. The second kappa shape index (κ2) is 18.3. The maximum absolute atomic E-state index is 11.8. The number of allylic oxidation sites excluding steroid dienone is 2. The fourth-order valence-electron chi connectivity index (χ4n) is 5.20. The molecule has 3 heteroatoms. The van der Waals surface area contributed by atoms with Crippen LogP contribution in [0.25, 0.3) is 16.9 Å². The van der Waals surface area contributed by atoms with Gasteiger partial charge in [-0.2, -0.15) is 0 Å². The van der Waals surface area contributed by atoms with E-state index in [-0.39, 0.29) is 0 Å². The first kappa shape index (κ1) is 32.2. The molecule has 0 aliphatic carbocycles. The van der Waals surface area contributed by atoms with Crippen molar-refractivity contribution in [3.8, 4) is 0 Å². The van der Waals surface area contributed by atoms with Gasteiger partial charge in [-0.15, -0.1) is 0 Å². The Bertz CT molecular complexity index is 1060. The number of rotatable bonds is 15. The third-order valence-corrected chi connectivity index (χ3v) is 7.21. The van der Waals surface area contributed by atoms with Crippen molar-refractivity contribution >= 4 is 11.4 Å². The number of aryl methyl sites for hydroxylation is 2. The standard InChI is InChI=1S/C33H46N2.2CH3.Ni/c1-5-9-13-23-31-30(22-12-8-4)32(28-20-14-18-26(24-28)16-10-6-2)35(34)33(31)29-21-15-19-27(25-29)17-11-7-3;;;/h14-15,18-21,24-25H,5-13,16-17,22-23H2,1-4H3;2*1H3;. The van der Waals surface area contributed by atoms with E-state index < -0.39 is 0 Å². The van der Waals surface area contributed by atoms with Crippen LogP contribution in [0.1, 0.15) is 121 Å². The van der Waals surface area contributed by atoms with Crippen LogP contribution in [0.15, 0.2) is 59.7 Å². The van der Waals surface area contributed by atoms with Gasteiger partial charge in [-0.1, -0.05) is 84.1 Å². The van der Waals surface area contributed by atoms with E-state index in [1.54, 1.807) is 19.1 Å². The van der Waals surface area contributed by atoms with Gasteiger partial charge in [-0.05, 0) is 86.8 Å². The number of hydrogen-bond donors (Lipinski definition) is 0. The van der Waals surface area contributed by atoms with Crippen molar-refractivity contribution in [3.05, 3.63) is 87.5 Å². The number of nitrogens with zero attached hydrogens (tertiary/aromatic N) is 2. The quantitative estimate of drug-likeness (QED) is 0.118. The molecule has 2 aromatic carbocycles. The van der Waals surface area contributed by atoms with Crippen molar-refractivity contribution in [1.82, 2.24) is 0 Å². The summed E-state index contributed by atoms with van der Waals surface area (Å²) in [6.07, 6.45) is 14.9. The molecule has 0 spiro atoms. The topological polar surface area (TPSA) is 25.3 Å². The molecule has 212 valence electrons. The molecule has 2 nitrogen and oxygen atoms in total. The summed E-state index contributed by atoms with van der Waals surface area (Å²) in [5.74, 6) is 4.12. The van der Waals surface area contributed by atoms with Gasteiger partial charge >= 0.3 is 26.2 Å². The van der Waals surface area contributed by atoms with Gasteiger partial charge in [0.2, 0.25) is 11.4 Å². The fourth-order valence-corrected chi connectivity index (χ4v) is 5.20. The summed E-state index contributed by atoms with van der Waals surface area (Å²) in [5, 5.41) is 0. The molecule has 2 aromatic rings. The summed E-state index contributed by atoms with van der Waals surface area (Å²) in [5.41, 5.74) is 21.6. The van der Waals surface area contributed by atoms with Crippen LogP contribution >= 0.6 is 0 Å². The van der Waals surface area contributed by atoms with Gasteiger partial charge in [0.05, 0.1) is 0 Å². The molecule has 0 saturated heterocycles. The van der Waals surface area contributed by atoms with Gasteiger partial charge in [-0.25, -0.2) is 4.70 Å². The summed E-state index contributed by atoms with van der Waals surface area (Å²) in [6, 6.07) is 17.8. The second-order valence-electron chi connectivity index (χ2n) is 10.5. The SMILES string of the molecule is CCCCCC1=C(c2cccc(CCCC)c2)[N+](=[N-])C(c2cccc(CCCC)c2)=C1CCCC.[CH3][Ni][CH3]. The molecule has 3 rings (SSSR count). The Kier molecular flexibility index (Phi) is 15.5. The molecule has 0 aromatic heterocycles. The van der Waals surface area contributed by atoms with Crippen molar-refractivity contribution in [2.45, 2.75) is 123 Å². The Balaban J connectivity index is 0.00000161. The average Bonchev–Trinajstić information content (AvgIpc) is 3.21. The molecule has 1 aliphatic rings. The minimum absolute atomic E-state index is 1.01. The molecular formula is C35H52N2Ni. The maximum atomic E-state index is 11.8. The first-order valence-corrected chi connectivity index (χ1v) is 16.9. The number of hydrogen-bond acceptors (Lipinski definition) is 0. The van der Waals surface area contributed by atoms with Crippen molar-refractivity contribution in [2.24, 2.45) is 0 Å². The van der Waals surface area contributed by atoms with E-state index in [9.17, 15) is 5.53 Å². The third kappa shape index (κ3) is 9.34. The molecule has 0 saturated carbocycles. The normalized spacial score (nSPS) is 13.4. The van der Waals surface area contributed by atoms with E-state index in [2.05, 4.69) is 88.0 Å². The van der Waals surface area contributed by atoms with Crippen LogP contribution in [0.4, 0.5) is 0 Å². The first-order chi connectivity index (χ1) is 18.6. The molecule has 1 aliphatic heterocycles. The van der Waals surface area contributed by atoms with Crippen molar-refractivity contribution in [2.75, 3.05) is 0 Å². The molecule has 0 atom stereocenters. The molecule has 0 fully saturated rings. The first-order valence-electron chi connectivity index (χ1n) is 14.9. The van der Waals surface area contributed by atoms with Crippen molar-refractivity contribution < 1.29 is 19.1 Å². The fraction of sp³-hybridized carbons (Fsp3) is 0.543. The van der Waals surface area contributed by atoms with Gasteiger partial charge in [-0.3, -0.25) is 0 Å². The van der Waals surface area contributed by atoms with Crippen LogP contribution < -0.4 is 0 Å². The Labute approximate surface area is 240 Å². The van der Waals surface area contributed by atoms with E-state index in [0.29, 0.717) is 0 Å².